The Morgan fingerprint density at radius 1 is 1.22 bits per heavy atom. The Bertz CT molecular complexity index is 1050. The summed E-state index contributed by atoms with van der Waals surface area (Å²) in [6.45, 7) is 6.69. The minimum absolute atomic E-state index is 0.00736. The first-order valence-corrected chi connectivity index (χ1v) is 9.15. The van der Waals surface area contributed by atoms with Crippen LogP contribution in [-0.2, 0) is 4.74 Å². The topological polar surface area (TPSA) is 81.7 Å². The number of pyridine rings is 1. The lowest BCUT2D eigenvalue weighted by molar-refractivity contribution is 0.0188. The van der Waals surface area contributed by atoms with E-state index in [1.165, 1.54) is 6.07 Å². The van der Waals surface area contributed by atoms with E-state index in [-0.39, 0.29) is 17.7 Å². The quantitative estimate of drug-likeness (QED) is 0.659. The highest BCUT2D eigenvalue weighted by Gasteiger charge is 2.29. The van der Waals surface area contributed by atoms with Gasteiger partial charge in [0.1, 0.15) is 16.8 Å². The third-order valence-electron chi connectivity index (χ3n) is 4.78. The maximum absolute atomic E-state index is 12.7. The number of amides is 1. The molecule has 27 heavy (non-hydrogen) atoms. The monoisotopic (exact) mass is 369 g/mol. The predicted molar refractivity (Wildman–Crippen MR) is 101 cm³/mol. The van der Waals surface area contributed by atoms with E-state index in [2.05, 4.69) is 10.1 Å². The Labute approximate surface area is 156 Å². The Hall–Kier alpha value is -2.90. The second kappa shape index (κ2) is 6.37. The molecule has 0 radical (unpaired) electrons. The van der Waals surface area contributed by atoms with E-state index < -0.39 is 5.60 Å². The largest absolute Gasteiger partial charge is 0.444 e. The molecule has 1 amide bonds. The lowest BCUT2D eigenvalue weighted by atomic mass is 10.0. The summed E-state index contributed by atoms with van der Waals surface area (Å²) in [5.41, 5.74) is 0.955. The van der Waals surface area contributed by atoms with Crippen molar-refractivity contribution in [1.82, 2.24) is 24.1 Å². The summed E-state index contributed by atoms with van der Waals surface area (Å²) in [7, 11) is 0. The first-order valence-electron chi connectivity index (χ1n) is 9.15. The number of aromatic nitrogens is 4. The summed E-state index contributed by atoms with van der Waals surface area (Å²) in [6.07, 6.45) is 6.17. The number of nitrogens with zero attached hydrogens (tertiary/aromatic N) is 5. The van der Waals surface area contributed by atoms with Crippen LogP contribution < -0.4 is 5.56 Å². The number of carbonyl (C=O) groups is 1. The van der Waals surface area contributed by atoms with Crippen molar-refractivity contribution in [3.8, 4) is 0 Å². The fourth-order valence-corrected chi connectivity index (χ4v) is 3.59. The molecule has 8 heteroatoms. The van der Waals surface area contributed by atoms with E-state index in [1.807, 2.05) is 31.4 Å². The molecule has 0 aliphatic carbocycles. The molecule has 3 aromatic heterocycles. The molecule has 1 aliphatic rings. The Morgan fingerprint density at radius 3 is 2.67 bits per heavy atom. The van der Waals surface area contributed by atoms with Gasteiger partial charge >= 0.3 is 6.09 Å². The molecule has 4 rings (SSSR count). The Balaban J connectivity index is 1.64. The number of fused-ring (bicyclic) bond motifs is 3. The number of rotatable bonds is 1. The van der Waals surface area contributed by atoms with Gasteiger partial charge in [-0.2, -0.15) is 5.10 Å². The molecule has 8 nitrogen and oxygen atoms in total. The number of likely N-dealkylation sites (tertiary alicyclic amines) is 1. The van der Waals surface area contributed by atoms with Crippen LogP contribution in [0.4, 0.5) is 4.79 Å². The maximum atomic E-state index is 12.7. The molecule has 0 bridgehead atoms. The number of piperidine rings is 1. The fraction of sp³-hybridized carbons (Fsp3) is 0.474. The fourth-order valence-electron chi connectivity index (χ4n) is 3.59. The van der Waals surface area contributed by atoms with Crippen molar-refractivity contribution in [3.63, 3.8) is 0 Å². The van der Waals surface area contributed by atoms with Gasteiger partial charge in [-0.05, 0) is 39.7 Å². The molecule has 0 unspecified atom stereocenters. The summed E-state index contributed by atoms with van der Waals surface area (Å²) in [4.78, 5) is 30.8. The van der Waals surface area contributed by atoms with Crippen molar-refractivity contribution in [2.24, 2.45) is 0 Å². The summed E-state index contributed by atoms with van der Waals surface area (Å²) in [6, 6.07) is 3.42. The molecule has 4 heterocycles. The summed E-state index contributed by atoms with van der Waals surface area (Å²) in [5, 5.41) is 5.41. The van der Waals surface area contributed by atoms with Crippen LogP contribution in [0.25, 0.3) is 16.6 Å². The van der Waals surface area contributed by atoms with E-state index in [1.54, 1.807) is 28.0 Å². The van der Waals surface area contributed by atoms with Crippen molar-refractivity contribution in [2.45, 2.75) is 45.3 Å². The lowest BCUT2D eigenvalue weighted by Crippen LogP contribution is -2.43. The van der Waals surface area contributed by atoms with Crippen LogP contribution in [0.2, 0.25) is 0 Å². The molecular weight excluding hydrogens is 346 g/mol. The predicted octanol–water partition coefficient (Wildman–Crippen LogP) is 2.62. The molecule has 1 aliphatic heterocycles. The van der Waals surface area contributed by atoms with E-state index in [0.29, 0.717) is 25.9 Å². The highest BCUT2D eigenvalue weighted by molar-refractivity contribution is 5.91. The smallest absolute Gasteiger partial charge is 0.410 e. The van der Waals surface area contributed by atoms with Gasteiger partial charge in [-0.15, -0.1) is 0 Å². The van der Waals surface area contributed by atoms with Crippen LogP contribution in [0.5, 0.6) is 0 Å². The van der Waals surface area contributed by atoms with Gasteiger partial charge in [0, 0.05) is 43.0 Å². The van der Waals surface area contributed by atoms with Gasteiger partial charge in [-0.3, -0.25) is 14.3 Å². The number of hydrogen-bond acceptors (Lipinski definition) is 5. The summed E-state index contributed by atoms with van der Waals surface area (Å²) < 4.78 is 8.99. The van der Waals surface area contributed by atoms with E-state index in [4.69, 9.17) is 4.74 Å². The Morgan fingerprint density at radius 2 is 1.96 bits per heavy atom. The van der Waals surface area contributed by atoms with Crippen LogP contribution in [0, 0.1) is 0 Å². The van der Waals surface area contributed by atoms with Crippen LogP contribution in [0.3, 0.4) is 0 Å². The van der Waals surface area contributed by atoms with Crippen molar-refractivity contribution < 1.29 is 9.53 Å². The van der Waals surface area contributed by atoms with Crippen molar-refractivity contribution in [2.75, 3.05) is 13.1 Å². The second-order valence-electron chi connectivity index (χ2n) is 7.88. The second-order valence-corrected chi connectivity index (χ2v) is 7.88. The number of hydrogen-bond donors (Lipinski definition) is 0. The normalized spacial score (nSPS) is 16.2. The van der Waals surface area contributed by atoms with Gasteiger partial charge in [-0.25, -0.2) is 9.31 Å². The first-order chi connectivity index (χ1) is 12.8. The zero-order chi connectivity index (χ0) is 19.2. The molecular formula is C19H23N5O3. The van der Waals surface area contributed by atoms with Gasteiger partial charge in [0.25, 0.3) is 5.56 Å². The van der Waals surface area contributed by atoms with Gasteiger partial charge in [0.15, 0.2) is 0 Å². The lowest BCUT2D eigenvalue weighted by Gasteiger charge is -2.34. The average molecular weight is 369 g/mol. The van der Waals surface area contributed by atoms with Gasteiger partial charge in [0.2, 0.25) is 0 Å². The number of ether oxygens (including phenoxy) is 1. The molecule has 0 N–H and O–H groups in total. The van der Waals surface area contributed by atoms with Gasteiger partial charge < -0.3 is 9.64 Å². The van der Waals surface area contributed by atoms with Crippen molar-refractivity contribution in [1.29, 1.82) is 0 Å². The van der Waals surface area contributed by atoms with Crippen LogP contribution in [0.15, 0.2) is 35.5 Å². The zero-order valence-electron chi connectivity index (χ0n) is 15.8. The molecule has 3 aromatic rings. The third-order valence-corrected chi connectivity index (χ3v) is 4.78. The molecule has 1 saturated heterocycles. The highest BCUT2D eigenvalue weighted by Crippen LogP contribution is 2.27. The minimum Gasteiger partial charge on any atom is -0.444 e. The van der Waals surface area contributed by atoms with Crippen molar-refractivity contribution >= 4 is 22.6 Å². The third kappa shape index (κ3) is 3.27. The van der Waals surface area contributed by atoms with Crippen LogP contribution in [-0.4, -0.2) is 48.8 Å². The maximum Gasteiger partial charge on any atom is 0.410 e. The summed E-state index contributed by atoms with van der Waals surface area (Å²) >= 11 is 0. The van der Waals surface area contributed by atoms with E-state index >= 15 is 0 Å². The minimum atomic E-state index is -0.513. The SMILES string of the molecule is CC(C)(C)OC(=O)N1CCC(n2c(=O)ccn3nc4cnccc4c23)CC1. The zero-order valence-corrected chi connectivity index (χ0v) is 15.8. The van der Waals surface area contributed by atoms with Crippen molar-refractivity contribution in [3.05, 3.63) is 41.1 Å². The molecule has 142 valence electrons. The van der Waals surface area contributed by atoms with Gasteiger partial charge in [-0.1, -0.05) is 0 Å². The summed E-state index contributed by atoms with van der Waals surface area (Å²) in [5.74, 6) is 0. The number of carbonyl (C=O) groups excluding carboxylic acids is 1. The first kappa shape index (κ1) is 17.5. The van der Waals surface area contributed by atoms with Gasteiger partial charge in [0.05, 0.1) is 6.20 Å². The highest BCUT2D eigenvalue weighted by atomic mass is 16.6. The molecule has 0 saturated carbocycles. The van der Waals surface area contributed by atoms with E-state index in [9.17, 15) is 9.59 Å². The molecule has 0 spiro atoms. The van der Waals surface area contributed by atoms with Crippen LogP contribution in [0.1, 0.15) is 39.7 Å². The van der Waals surface area contributed by atoms with Crippen LogP contribution >= 0.6 is 0 Å². The molecule has 0 aromatic carbocycles. The average Bonchev–Trinajstić information content (AvgIpc) is 2.99. The molecule has 0 atom stereocenters. The van der Waals surface area contributed by atoms with E-state index in [0.717, 1.165) is 16.6 Å². The Kier molecular flexibility index (Phi) is 4.13. The standard InChI is InChI=1S/C19H23N5O3/c1-19(2,3)27-18(26)22-9-5-13(6-10-22)24-16(25)7-11-23-17(24)14-4-8-20-12-15(14)21-23/h4,7-8,11-13H,5-6,9-10H2,1-3H3. The molecule has 1 fully saturated rings.